The summed E-state index contributed by atoms with van der Waals surface area (Å²) in [7, 11) is 1.89. The molecule has 0 spiro atoms. The van der Waals surface area contributed by atoms with E-state index in [1.54, 1.807) is 0 Å². The topological polar surface area (TPSA) is 34.8 Å². The van der Waals surface area contributed by atoms with Gasteiger partial charge in [-0.25, -0.2) is 0 Å². The van der Waals surface area contributed by atoms with Crippen molar-refractivity contribution in [2.24, 2.45) is 5.92 Å². The van der Waals surface area contributed by atoms with Crippen LogP contribution in [0, 0.1) is 5.92 Å². The molecule has 0 N–H and O–H groups in total. The van der Waals surface area contributed by atoms with Gasteiger partial charge in [-0.05, 0) is 56.6 Å². The minimum atomic E-state index is 0.0274. The molecule has 1 aromatic heterocycles. The van der Waals surface area contributed by atoms with Crippen molar-refractivity contribution in [3.05, 3.63) is 23.7 Å². The van der Waals surface area contributed by atoms with Crippen LogP contribution in [0.25, 0.3) is 0 Å². The number of methoxy groups -OCH3 is 1. The number of hydrogen-bond acceptors (Lipinski definition) is 4. The Morgan fingerprint density at radius 3 is 2.75 bits per heavy atom. The molecule has 0 bridgehead atoms. The molecule has 1 aliphatic heterocycles. The van der Waals surface area contributed by atoms with E-state index in [9.17, 15) is 0 Å². The number of furan rings is 1. The Labute approximate surface area is 145 Å². The van der Waals surface area contributed by atoms with Crippen molar-refractivity contribution in [1.82, 2.24) is 4.90 Å². The van der Waals surface area contributed by atoms with Gasteiger partial charge in [0.2, 0.25) is 0 Å². The number of likely N-dealkylation sites (tertiary alicyclic amines) is 1. The van der Waals surface area contributed by atoms with Crippen molar-refractivity contribution in [3.8, 4) is 0 Å². The fraction of sp³-hybridized carbons (Fsp3) is 0.800. The molecule has 4 rings (SSSR count). The Bertz CT molecular complexity index is 553. The van der Waals surface area contributed by atoms with Crippen LogP contribution in [0.2, 0.25) is 0 Å². The number of aryl methyl sites for hydroxylation is 1. The highest BCUT2D eigenvalue weighted by Gasteiger charge is 2.51. The maximum Gasteiger partial charge on any atom is 0.118 e. The largest absolute Gasteiger partial charge is 0.465 e. The van der Waals surface area contributed by atoms with E-state index in [1.165, 1.54) is 12.8 Å². The predicted octanol–water partition coefficient (Wildman–Crippen LogP) is 3.78. The maximum atomic E-state index is 6.22. The summed E-state index contributed by atoms with van der Waals surface area (Å²) in [5.41, 5.74) is 0.0274. The van der Waals surface area contributed by atoms with Crippen LogP contribution in [0.1, 0.15) is 57.0 Å². The molecular formula is C20H31NO3. The standard InChI is InChI=1S/C20H31NO3/c1-3-16-6-7-18(24-16)13-21-11-10-20(22-2)9-8-17(12-19(20)21)23-14-15-4-5-15/h6-7,15,17,19H,3-5,8-14H2,1-2H3/t17-,19+,20-/m1/s1. The van der Waals surface area contributed by atoms with Crippen LogP contribution in [0.15, 0.2) is 16.5 Å². The molecular weight excluding hydrogens is 302 g/mol. The smallest absolute Gasteiger partial charge is 0.118 e. The zero-order valence-corrected chi connectivity index (χ0v) is 15.1. The molecule has 134 valence electrons. The van der Waals surface area contributed by atoms with Crippen LogP contribution in [-0.4, -0.2) is 42.9 Å². The molecule has 0 aromatic carbocycles. The average Bonchev–Trinajstić information content (AvgIpc) is 3.22. The summed E-state index contributed by atoms with van der Waals surface area (Å²) >= 11 is 0. The maximum absolute atomic E-state index is 6.22. The first kappa shape index (κ1) is 16.6. The normalized spacial score (nSPS) is 33.8. The van der Waals surface area contributed by atoms with Crippen molar-refractivity contribution in [3.63, 3.8) is 0 Å². The van der Waals surface area contributed by atoms with Gasteiger partial charge in [-0.3, -0.25) is 4.90 Å². The number of ether oxygens (including phenoxy) is 2. The predicted molar refractivity (Wildman–Crippen MR) is 93.0 cm³/mol. The molecule has 0 unspecified atom stereocenters. The lowest BCUT2D eigenvalue weighted by atomic mass is 9.79. The second-order valence-electron chi connectivity index (χ2n) is 7.90. The molecule has 4 nitrogen and oxygen atoms in total. The molecule has 0 radical (unpaired) electrons. The molecule has 4 heteroatoms. The highest BCUT2D eigenvalue weighted by molar-refractivity contribution is 5.10. The fourth-order valence-corrected chi connectivity index (χ4v) is 4.55. The van der Waals surface area contributed by atoms with Crippen molar-refractivity contribution >= 4 is 0 Å². The summed E-state index contributed by atoms with van der Waals surface area (Å²) in [6.07, 6.45) is 8.59. The lowest BCUT2D eigenvalue weighted by Gasteiger charge is -2.43. The molecule has 0 amide bonds. The fourth-order valence-electron chi connectivity index (χ4n) is 4.55. The Morgan fingerprint density at radius 2 is 2.04 bits per heavy atom. The van der Waals surface area contributed by atoms with Crippen molar-refractivity contribution in [2.75, 3.05) is 20.3 Å². The molecule has 3 fully saturated rings. The van der Waals surface area contributed by atoms with Gasteiger partial charge in [-0.1, -0.05) is 6.92 Å². The Hall–Kier alpha value is -0.840. The first-order valence-corrected chi connectivity index (χ1v) is 9.71. The molecule has 2 aliphatic carbocycles. The van der Waals surface area contributed by atoms with Crippen LogP contribution >= 0.6 is 0 Å². The molecule has 1 aromatic rings. The van der Waals surface area contributed by atoms with E-state index in [0.29, 0.717) is 12.1 Å². The molecule has 2 heterocycles. The molecule has 24 heavy (non-hydrogen) atoms. The summed E-state index contributed by atoms with van der Waals surface area (Å²) < 4.78 is 18.2. The van der Waals surface area contributed by atoms with Crippen LogP contribution in [0.5, 0.6) is 0 Å². The van der Waals surface area contributed by atoms with Gasteiger partial charge in [0.05, 0.1) is 18.2 Å². The Kier molecular flexibility index (Phi) is 4.72. The van der Waals surface area contributed by atoms with Crippen molar-refractivity contribution < 1.29 is 13.9 Å². The number of nitrogens with zero attached hydrogens (tertiary/aromatic N) is 1. The SMILES string of the molecule is CCc1ccc(CN2CC[C@]3(OC)CC[C@@H](OCC4CC4)C[C@H]23)o1. The Morgan fingerprint density at radius 1 is 1.21 bits per heavy atom. The van der Waals surface area contributed by atoms with E-state index in [4.69, 9.17) is 13.9 Å². The number of hydrogen-bond donors (Lipinski definition) is 0. The average molecular weight is 333 g/mol. The van der Waals surface area contributed by atoms with Gasteiger partial charge in [0.25, 0.3) is 0 Å². The molecule has 3 atom stereocenters. The minimum Gasteiger partial charge on any atom is -0.465 e. The van der Waals surface area contributed by atoms with Gasteiger partial charge >= 0.3 is 0 Å². The third kappa shape index (κ3) is 3.29. The minimum absolute atomic E-state index is 0.0274. The van der Waals surface area contributed by atoms with Gasteiger partial charge in [0, 0.05) is 32.7 Å². The summed E-state index contributed by atoms with van der Waals surface area (Å²) in [5.74, 6) is 3.01. The van der Waals surface area contributed by atoms with E-state index in [1.807, 2.05) is 7.11 Å². The first-order valence-electron chi connectivity index (χ1n) is 9.71. The van der Waals surface area contributed by atoms with E-state index < -0.39 is 0 Å². The van der Waals surface area contributed by atoms with Crippen molar-refractivity contribution in [2.45, 2.75) is 76.2 Å². The van der Waals surface area contributed by atoms with Crippen LogP contribution < -0.4 is 0 Å². The zero-order chi connectivity index (χ0) is 16.6. The summed E-state index contributed by atoms with van der Waals surface area (Å²) in [5, 5.41) is 0. The molecule has 2 saturated carbocycles. The van der Waals surface area contributed by atoms with E-state index in [0.717, 1.165) is 69.2 Å². The van der Waals surface area contributed by atoms with Crippen LogP contribution in [0.3, 0.4) is 0 Å². The van der Waals surface area contributed by atoms with Gasteiger partial charge in [0.1, 0.15) is 11.5 Å². The third-order valence-electron chi connectivity index (χ3n) is 6.34. The van der Waals surface area contributed by atoms with Crippen LogP contribution in [0.4, 0.5) is 0 Å². The highest BCUT2D eigenvalue weighted by atomic mass is 16.5. The summed E-state index contributed by atoms with van der Waals surface area (Å²) in [6, 6.07) is 4.70. The monoisotopic (exact) mass is 333 g/mol. The quantitative estimate of drug-likeness (QED) is 0.760. The van der Waals surface area contributed by atoms with Gasteiger partial charge in [-0.2, -0.15) is 0 Å². The van der Waals surface area contributed by atoms with Gasteiger partial charge in [-0.15, -0.1) is 0 Å². The second kappa shape index (κ2) is 6.81. The molecule has 1 saturated heterocycles. The second-order valence-corrected chi connectivity index (χ2v) is 7.90. The summed E-state index contributed by atoms with van der Waals surface area (Å²) in [6.45, 7) is 5.09. The summed E-state index contributed by atoms with van der Waals surface area (Å²) in [4.78, 5) is 2.56. The third-order valence-corrected chi connectivity index (χ3v) is 6.34. The Balaban J connectivity index is 1.42. The molecule has 3 aliphatic rings. The lowest BCUT2D eigenvalue weighted by Crippen LogP contribution is -2.51. The van der Waals surface area contributed by atoms with Gasteiger partial charge in [0.15, 0.2) is 0 Å². The van der Waals surface area contributed by atoms with E-state index >= 15 is 0 Å². The van der Waals surface area contributed by atoms with E-state index in [-0.39, 0.29) is 5.60 Å². The lowest BCUT2D eigenvalue weighted by molar-refractivity contribution is -0.103. The van der Waals surface area contributed by atoms with Crippen molar-refractivity contribution in [1.29, 1.82) is 0 Å². The number of fused-ring (bicyclic) bond motifs is 1. The van der Waals surface area contributed by atoms with Crippen LogP contribution in [-0.2, 0) is 22.4 Å². The number of rotatable bonds is 7. The van der Waals surface area contributed by atoms with E-state index in [2.05, 4.69) is 24.0 Å². The first-order chi connectivity index (χ1) is 11.7. The van der Waals surface area contributed by atoms with Gasteiger partial charge < -0.3 is 13.9 Å². The zero-order valence-electron chi connectivity index (χ0n) is 15.1. The highest BCUT2D eigenvalue weighted by Crippen LogP contribution is 2.44.